The monoisotopic (exact) mass is 306 g/mol. The lowest BCUT2D eigenvalue weighted by Crippen LogP contribution is -2.23. The zero-order valence-corrected chi connectivity index (χ0v) is 12.9. The molecule has 4 nitrogen and oxygen atoms in total. The van der Waals surface area contributed by atoms with Crippen LogP contribution in [-0.2, 0) is 6.54 Å². The number of aromatic nitrogens is 1. The van der Waals surface area contributed by atoms with Crippen molar-refractivity contribution in [2.45, 2.75) is 6.54 Å². The summed E-state index contributed by atoms with van der Waals surface area (Å²) in [6.07, 6.45) is 3.94. The largest absolute Gasteiger partial charge is 0.496 e. The van der Waals surface area contributed by atoms with Crippen LogP contribution in [0.4, 0.5) is 0 Å². The van der Waals surface area contributed by atoms with Crippen LogP contribution in [-0.4, -0.2) is 17.6 Å². The molecule has 1 aromatic heterocycles. The van der Waals surface area contributed by atoms with Crippen LogP contribution in [0.3, 0.4) is 0 Å². The molecule has 2 aromatic carbocycles. The van der Waals surface area contributed by atoms with Crippen molar-refractivity contribution in [2.75, 3.05) is 7.11 Å². The molecule has 1 N–H and O–H groups in total. The standard InChI is InChI=1S/C19H18N2O2/c1-23-18-7-3-2-6-16(18)14-20-19(22)15-8-10-17(11-9-15)21-12-4-5-13-21/h2-13H,14H2,1H3,(H,20,22). The van der Waals surface area contributed by atoms with E-state index in [2.05, 4.69) is 5.32 Å². The predicted molar refractivity (Wildman–Crippen MR) is 89.9 cm³/mol. The van der Waals surface area contributed by atoms with Crippen molar-refractivity contribution in [3.63, 3.8) is 0 Å². The highest BCUT2D eigenvalue weighted by molar-refractivity contribution is 5.94. The molecule has 4 heteroatoms. The second-order valence-corrected chi connectivity index (χ2v) is 5.13. The fourth-order valence-electron chi connectivity index (χ4n) is 2.42. The van der Waals surface area contributed by atoms with Crippen molar-refractivity contribution in [2.24, 2.45) is 0 Å². The Hall–Kier alpha value is -3.01. The SMILES string of the molecule is COc1ccccc1CNC(=O)c1ccc(-n2cccc2)cc1. The first kappa shape index (κ1) is 14.9. The van der Waals surface area contributed by atoms with Crippen LogP contribution in [0.25, 0.3) is 5.69 Å². The Labute approximate surface area is 135 Å². The molecule has 3 aromatic rings. The van der Waals surface area contributed by atoms with E-state index in [1.807, 2.05) is 77.6 Å². The topological polar surface area (TPSA) is 43.3 Å². The molecule has 0 bridgehead atoms. The summed E-state index contributed by atoms with van der Waals surface area (Å²) in [5.41, 5.74) is 2.61. The normalized spacial score (nSPS) is 10.3. The number of nitrogens with zero attached hydrogens (tertiary/aromatic N) is 1. The molecule has 0 saturated carbocycles. The van der Waals surface area contributed by atoms with E-state index in [1.54, 1.807) is 7.11 Å². The van der Waals surface area contributed by atoms with E-state index >= 15 is 0 Å². The third kappa shape index (κ3) is 3.43. The summed E-state index contributed by atoms with van der Waals surface area (Å²) in [7, 11) is 1.63. The number of ether oxygens (including phenoxy) is 1. The van der Waals surface area contributed by atoms with Crippen molar-refractivity contribution in [1.82, 2.24) is 9.88 Å². The Bertz CT molecular complexity index is 777. The molecule has 0 aliphatic heterocycles. The average molecular weight is 306 g/mol. The van der Waals surface area contributed by atoms with Gasteiger partial charge in [0.15, 0.2) is 0 Å². The third-order valence-corrected chi connectivity index (χ3v) is 3.66. The molecule has 0 spiro atoms. The van der Waals surface area contributed by atoms with Gasteiger partial charge < -0.3 is 14.6 Å². The summed E-state index contributed by atoms with van der Waals surface area (Å²) in [5, 5.41) is 2.92. The summed E-state index contributed by atoms with van der Waals surface area (Å²) >= 11 is 0. The van der Waals surface area contributed by atoms with Crippen molar-refractivity contribution in [3.05, 3.63) is 84.2 Å². The smallest absolute Gasteiger partial charge is 0.251 e. The Kier molecular flexibility index (Phi) is 4.43. The van der Waals surface area contributed by atoms with Gasteiger partial charge in [0.25, 0.3) is 5.91 Å². The number of rotatable bonds is 5. The number of hydrogen-bond donors (Lipinski definition) is 1. The molecule has 0 saturated heterocycles. The summed E-state index contributed by atoms with van der Waals surface area (Å²) in [6.45, 7) is 0.433. The van der Waals surface area contributed by atoms with Gasteiger partial charge >= 0.3 is 0 Å². The molecule has 3 rings (SSSR count). The molecule has 116 valence electrons. The quantitative estimate of drug-likeness (QED) is 0.785. The molecule has 0 radical (unpaired) electrons. The Morgan fingerprint density at radius 3 is 2.39 bits per heavy atom. The Balaban J connectivity index is 1.66. The molecule has 1 amide bonds. The zero-order valence-electron chi connectivity index (χ0n) is 12.9. The maximum absolute atomic E-state index is 12.3. The van der Waals surface area contributed by atoms with Crippen LogP contribution in [0, 0.1) is 0 Å². The van der Waals surface area contributed by atoms with Gasteiger partial charge in [-0.25, -0.2) is 0 Å². The van der Waals surface area contributed by atoms with Crippen molar-refractivity contribution >= 4 is 5.91 Å². The molecule has 0 fully saturated rings. The number of hydrogen-bond acceptors (Lipinski definition) is 2. The fourth-order valence-corrected chi connectivity index (χ4v) is 2.42. The number of amides is 1. The number of benzene rings is 2. The van der Waals surface area contributed by atoms with E-state index in [0.717, 1.165) is 17.0 Å². The molecule has 0 unspecified atom stereocenters. The van der Waals surface area contributed by atoms with Gasteiger partial charge in [0.05, 0.1) is 7.11 Å². The number of para-hydroxylation sites is 1. The van der Waals surface area contributed by atoms with Crippen LogP contribution in [0.1, 0.15) is 15.9 Å². The lowest BCUT2D eigenvalue weighted by molar-refractivity contribution is 0.0950. The van der Waals surface area contributed by atoms with Gasteiger partial charge in [0.1, 0.15) is 5.75 Å². The molecule has 1 heterocycles. The summed E-state index contributed by atoms with van der Waals surface area (Å²) in [5.74, 6) is 0.672. The number of carbonyl (C=O) groups excluding carboxylic acids is 1. The first-order valence-corrected chi connectivity index (χ1v) is 7.41. The van der Waals surface area contributed by atoms with E-state index in [-0.39, 0.29) is 5.91 Å². The molecule has 0 aliphatic carbocycles. The number of methoxy groups -OCH3 is 1. The fraction of sp³-hybridized carbons (Fsp3) is 0.105. The van der Waals surface area contributed by atoms with Gasteiger partial charge in [-0.2, -0.15) is 0 Å². The van der Waals surface area contributed by atoms with E-state index in [0.29, 0.717) is 12.1 Å². The van der Waals surface area contributed by atoms with Crippen LogP contribution in [0.15, 0.2) is 73.1 Å². The van der Waals surface area contributed by atoms with Crippen molar-refractivity contribution < 1.29 is 9.53 Å². The molecule has 23 heavy (non-hydrogen) atoms. The van der Waals surface area contributed by atoms with E-state index in [1.165, 1.54) is 0 Å². The lowest BCUT2D eigenvalue weighted by Gasteiger charge is -2.10. The van der Waals surface area contributed by atoms with E-state index in [4.69, 9.17) is 4.74 Å². The molecule has 0 aliphatic rings. The second kappa shape index (κ2) is 6.83. The highest BCUT2D eigenvalue weighted by atomic mass is 16.5. The summed E-state index contributed by atoms with van der Waals surface area (Å²) < 4.78 is 7.28. The molecular weight excluding hydrogens is 288 g/mol. The maximum Gasteiger partial charge on any atom is 0.251 e. The Morgan fingerprint density at radius 2 is 1.70 bits per heavy atom. The highest BCUT2D eigenvalue weighted by Crippen LogP contribution is 2.17. The highest BCUT2D eigenvalue weighted by Gasteiger charge is 2.07. The maximum atomic E-state index is 12.3. The van der Waals surface area contributed by atoms with Gasteiger partial charge in [0.2, 0.25) is 0 Å². The summed E-state index contributed by atoms with van der Waals surface area (Å²) in [6, 6.07) is 19.1. The minimum atomic E-state index is -0.102. The van der Waals surface area contributed by atoms with Crippen LogP contribution in [0.2, 0.25) is 0 Å². The van der Waals surface area contributed by atoms with Crippen molar-refractivity contribution in [3.8, 4) is 11.4 Å². The van der Waals surface area contributed by atoms with Gasteiger partial charge in [-0.15, -0.1) is 0 Å². The van der Waals surface area contributed by atoms with Gasteiger partial charge in [-0.1, -0.05) is 18.2 Å². The van der Waals surface area contributed by atoms with E-state index in [9.17, 15) is 4.79 Å². The van der Waals surface area contributed by atoms with Crippen molar-refractivity contribution in [1.29, 1.82) is 0 Å². The lowest BCUT2D eigenvalue weighted by atomic mass is 10.1. The second-order valence-electron chi connectivity index (χ2n) is 5.13. The minimum absolute atomic E-state index is 0.102. The molecule has 0 atom stereocenters. The van der Waals surface area contributed by atoms with E-state index < -0.39 is 0 Å². The number of carbonyl (C=O) groups is 1. The van der Waals surface area contributed by atoms with Gasteiger partial charge in [-0.05, 0) is 42.5 Å². The van der Waals surface area contributed by atoms with Crippen LogP contribution < -0.4 is 10.1 Å². The average Bonchev–Trinajstić information content (AvgIpc) is 3.14. The predicted octanol–water partition coefficient (Wildman–Crippen LogP) is 3.42. The Morgan fingerprint density at radius 1 is 1.00 bits per heavy atom. The minimum Gasteiger partial charge on any atom is -0.496 e. The summed E-state index contributed by atoms with van der Waals surface area (Å²) in [4.78, 5) is 12.3. The van der Waals surface area contributed by atoms with Gasteiger partial charge in [0, 0.05) is 35.8 Å². The number of nitrogens with one attached hydrogen (secondary N) is 1. The third-order valence-electron chi connectivity index (χ3n) is 3.66. The van der Waals surface area contributed by atoms with Gasteiger partial charge in [-0.3, -0.25) is 4.79 Å². The van der Waals surface area contributed by atoms with Crippen LogP contribution in [0.5, 0.6) is 5.75 Å². The first-order valence-electron chi connectivity index (χ1n) is 7.41. The zero-order chi connectivity index (χ0) is 16.1. The van der Waals surface area contributed by atoms with Crippen LogP contribution >= 0.6 is 0 Å². The molecular formula is C19H18N2O2. The first-order chi connectivity index (χ1) is 11.3.